The molecule has 34 heavy (non-hydrogen) atoms. The smallest absolute Gasteiger partial charge is 0.407 e. The normalized spacial score (nSPS) is 23.3. The van der Waals surface area contributed by atoms with Gasteiger partial charge in [0.05, 0.1) is 5.92 Å². The zero-order valence-electron chi connectivity index (χ0n) is 19.3. The molecule has 178 valence electrons. The van der Waals surface area contributed by atoms with E-state index in [1.165, 1.54) is 11.1 Å². The Hall–Kier alpha value is -3.35. The highest BCUT2D eigenvalue weighted by Gasteiger charge is 2.51. The van der Waals surface area contributed by atoms with E-state index in [0.29, 0.717) is 12.8 Å². The van der Waals surface area contributed by atoms with Gasteiger partial charge >= 0.3 is 12.1 Å². The monoisotopic (exact) mass is 462 g/mol. The zero-order chi connectivity index (χ0) is 23.8. The second-order valence-electron chi connectivity index (χ2n) is 9.56. The fourth-order valence-corrected chi connectivity index (χ4v) is 6.06. The molecule has 7 nitrogen and oxygen atoms in total. The van der Waals surface area contributed by atoms with Gasteiger partial charge in [0.15, 0.2) is 0 Å². The summed E-state index contributed by atoms with van der Waals surface area (Å²) < 4.78 is 5.63. The Kier molecular flexibility index (Phi) is 6.02. The van der Waals surface area contributed by atoms with E-state index >= 15 is 0 Å². The molecule has 2 aromatic rings. The number of fused-ring (bicyclic) bond motifs is 5. The molecule has 3 aliphatic rings. The van der Waals surface area contributed by atoms with Crippen LogP contribution in [0.5, 0.6) is 0 Å². The first kappa shape index (κ1) is 22.4. The van der Waals surface area contributed by atoms with Crippen LogP contribution in [-0.4, -0.2) is 52.7 Å². The summed E-state index contributed by atoms with van der Waals surface area (Å²) in [5.41, 5.74) is 4.64. The zero-order valence-corrected chi connectivity index (χ0v) is 19.3. The van der Waals surface area contributed by atoms with E-state index in [-0.39, 0.29) is 43.0 Å². The highest BCUT2D eigenvalue weighted by molar-refractivity contribution is 5.82. The molecule has 2 aliphatic heterocycles. The van der Waals surface area contributed by atoms with Crippen molar-refractivity contribution < 1.29 is 24.2 Å². The molecule has 5 rings (SSSR count). The largest absolute Gasteiger partial charge is 0.481 e. The number of hydrogen-bond acceptors (Lipinski definition) is 4. The lowest BCUT2D eigenvalue weighted by atomic mass is 9.89. The quantitative estimate of drug-likeness (QED) is 0.644. The molecule has 0 radical (unpaired) electrons. The number of carboxylic acid groups (broad SMARTS) is 1. The first-order valence-corrected chi connectivity index (χ1v) is 12.1. The van der Waals surface area contributed by atoms with E-state index in [1.807, 2.05) is 31.2 Å². The molecule has 7 heteroatoms. The first-order chi connectivity index (χ1) is 16.5. The number of aliphatic carboxylic acids is 1. The lowest BCUT2D eigenvalue weighted by molar-refractivity contribution is -0.143. The van der Waals surface area contributed by atoms with Gasteiger partial charge in [0.25, 0.3) is 0 Å². The Morgan fingerprint density at radius 2 is 1.71 bits per heavy atom. The van der Waals surface area contributed by atoms with Crippen LogP contribution in [-0.2, 0) is 14.3 Å². The van der Waals surface area contributed by atoms with Gasteiger partial charge in [0.1, 0.15) is 6.61 Å². The molecule has 1 aliphatic carbocycles. The third-order valence-corrected chi connectivity index (χ3v) is 7.72. The van der Waals surface area contributed by atoms with Crippen LogP contribution in [0.4, 0.5) is 4.79 Å². The number of alkyl carbamates (subject to hydrolysis) is 1. The summed E-state index contributed by atoms with van der Waals surface area (Å²) in [6.45, 7) is 2.14. The first-order valence-electron chi connectivity index (χ1n) is 12.1. The summed E-state index contributed by atoms with van der Waals surface area (Å²) in [7, 11) is 0. The average molecular weight is 463 g/mol. The van der Waals surface area contributed by atoms with Gasteiger partial charge in [-0.2, -0.15) is 0 Å². The third kappa shape index (κ3) is 3.93. The Balaban J connectivity index is 1.19. The van der Waals surface area contributed by atoms with Gasteiger partial charge in [-0.05, 0) is 47.9 Å². The molecule has 0 spiro atoms. The van der Waals surface area contributed by atoms with Crippen LogP contribution in [0.1, 0.15) is 56.1 Å². The van der Waals surface area contributed by atoms with Crippen molar-refractivity contribution in [1.82, 2.24) is 10.2 Å². The topological polar surface area (TPSA) is 95.9 Å². The molecule has 0 saturated carbocycles. The van der Waals surface area contributed by atoms with Crippen LogP contribution >= 0.6 is 0 Å². The van der Waals surface area contributed by atoms with Gasteiger partial charge in [0.2, 0.25) is 5.91 Å². The standard InChI is InChI=1S/C27H30N2O5/c1-2-16(13-25(30)29-17-11-12-24(29)22(14-17)26(31)32)28-27(33)34-15-23-20-9-5-3-7-18(20)19-8-4-6-10-21(19)23/h3-10,16-17,22-24H,2,11-15H2,1H3,(H,28,33)(H,31,32)/t16-,17?,22?,24?/m1/s1. The van der Waals surface area contributed by atoms with Gasteiger partial charge in [-0.3, -0.25) is 9.59 Å². The van der Waals surface area contributed by atoms with E-state index in [0.717, 1.165) is 24.0 Å². The number of carboxylic acids is 1. The Morgan fingerprint density at radius 3 is 2.29 bits per heavy atom. The summed E-state index contributed by atoms with van der Waals surface area (Å²) >= 11 is 0. The minimum atomic E-state index is -0.825. The number of hydrogen-bond donors (Lipinski definition) is 2. The van der Waals surface area contributed by atoms with Gasteiger partial charge in [-0.15, -0.1) is 0 Å². The molecular weight excluding hydrogens is 432 g/mol. The predicted octanol–water partition coefficient (Wildman–Crippen LogP) is 4.16. The summed E-state index contributed by atoms with van der Waals surface area (Å²) in [6, 6.07) is 15.8. The number of nitrogens with zero attached hydrogens (tertiary/aromatic N) is 1. The fourth-order valence-electron chi connectivity index (χ4n) is 6.06. The molecule has 2 fully saturated rings. The van der Waals surface area contributed by atoms with E-state index in [4.69, 9.17) is 4.74 Å². The maximum Gasteiger partial charge on any atom is 0.407 e. The molecule has 3 unspecified atom stereocenters. The van der Waals surface area contributed by atoms with Gasteiger partial charge in [-0.1, -0.05) is 55.5 Å². The van der Waals surface area contributed by atoms with Crippen LogP contribution in [0.15, 0.2) is 48.5 Å². The van der Waals surface area contributed by atoms with Crippen molar-refractivity contribution >= 4 is 18.0 Å². The molecule has 0 aromatic heterocycles. The van der Waals surface area contributed by atoms with Crippen LogP contribution in [0.2, 0.25) is 0 Å². The highest BCUT2D eigenvalue weighted by atomic mass is 16.5. The van der Waals surface area contributed by atoms with Crippen molar-refractivity contribution in [3.63, 3.8) is 0 Å². The van der Waals surface area contributed by atoms with Crippen molar-refractivity contribution in [3.8, 4) is 11.1 Å². The maximum absolute atomic E-state index is 13.0. The number of carbonyl (C=O) groups excluding carboxylic acids is 2. The van der Waals surface area contributed by atoms with Gasteiger partial charge < -0.3 is 20.1 Å². The lowest BCUT2D eigenvalue weighted by Gasteiger charge is -2.26. The van der Waals surface area contributed by atoms with Crippen LogP contribution < -0.4 is 5.32 Å². The minimum Gasteiger partial charge on any atom is -0.481 e. The Labute approximate surface area is 199 Å². The number of rotatable bonds is 7. The minimum absolute atomic E-state index is 0.00515. The third-order valence-electron chi connectivity index (χ3n) is 7.72. The molecular formula is C27H30N2O5. The Morgan fingerprint density at radius 1 is 1.06 bits per heavy atom. The van der Waals surface area contributed by atoms with Crippen molar-refractivity contribution in [2.45, 2.75) is 63.1 Å². The summed E-state index contributed by atoms with van der Waals surface area (Å²) in [4.78, 5) is 38.9. The number of nitrogens with one attached hydrogen (secondary N) is 1. The lowest BCUT2D eigenvalue weighted by Crippen LogP contribution is -2.43. The van der Waals surface area contributed by atoms with Crippen molar-refractivity contribution in [2.24, 2.45) is 5.92 Å². The van der Waals surface area contributed by atoms with E-state index in [1.54, 1.807) is 4.90 Å². The van der Waals surface area contributed by atoms with Crippen molar-refractivity contribution in [3.05, 3.63) is 59.7 Å². The summed E-state index contributed by atoms with van der Waals surface area (Å²) in [5.74, 6) is -1.40. The van der Waals surface area contributed by atoms with Crippen LogP contribution in [0, 0.1) is 5.92 Å². The molecule has 2 saturated heterocycles. The molecule has 2 bridgehead atoms. The summed E-state index contributed by atoms with van der Waals surface area (Å²) in [6.07, 6.45) is 2.33. The SMILES string of the molecule is CC[C@H](CC(=O)N1C2CCC1C(C(=O)O)C2)NC(=O)OCC1c2ccccc2-c2ccccc21. The predicted molar refractivity (Wildman–Crippen MR) is 126 cm³/mol. The van der Waals surface area contributed by atoms with E-state index < -0.39 is 18.0 Å². The second-order valence-corrected chi connectivity index (χ2v) is 9.56. The Bertz CT molecular complexity index is 1070. The molecule has 2 amide bonds. The average Bonchev–Trinajstić information content (AvgIpc) is 3.52. The maximum atomic E-state index is 13.0. The van der Waals surface area contributed by atoms with E-state index in [2.05, 4.69) is 29.6 Å². The van der Waals surface area contributed by atoms with Crippen molar-refractivity contribution in [2.75, 3.05) is 6.61 Å². The number of ether oxygens (including phenoxy) is 1. The van der Waals surface area contributed by atoms with Crippen LogP contribution in [0.25, 0.3) is 11.1 Å². The number of amides is 2. The molecule has 2 aromatic carbocycles. The summed E-state index contributed by atoms with van der Waals surface area (Å²) in [5, 5.41) is 12.3. The molecule has 2 heterocycles. The van der Waals surface area contributed by atoms with Crippen molar-refractivity contribution in [1.29, 1.82) is 0 Å². The van der Waals surface area contributed by atoms with Gasteiger partial charge in [0, 0.05) is 30.5 Å². The number of carbonyl (C=O) groups is 3. The second kappa shape index (κ2) is 9.12. The molecule has 2 N–H and O–H groups in total. The fraction of sp³-hybridized carbons (Fsp3) is 0.444. The van der Waals surface area contributed by atoms with Crippen LogP contribution in [0.3, 0.4) is 0 Å². The highest BCUT2D eigenvalue weighted by Crippen LogP contribution is 2.45. The van der Waals surface area contributed by atoms with E-state index in [9.17, 15) is 19.5 Å². The van der Waals surface area contributed by atoms with Gasteiger partial charge in [-0.25, -0.2) is 4.79 Å². The number of benzene rings is 2. The molecule has 4 atom stereocenters.